The van der Waals surface area contributed by atoms with Gasteiger partial charge in [-0.25, -0.2) is 20.1 Å². The molecule has 1 aliphatic heterocycles. The number of imidazole rings is 1. The highest BCUT2D eigenvalue weighted by Gasteiger charge is 2.44. The number of hydrogen-bond acceptors (Lipinski definition) is 10. The summed E-state index contributed by atoms with van der Waals surface area (Å²) in [5.41, 5.74) is 0.825. The second kappa shape index (κ2) is 7.97. The van der Waals surface area contributed by atoms with E-state index in [0.717, 1.165) is 0 Å². The maximum atomic E-state index is 11.0. The molecule has 27 heavy (non-hydrogen) atoms. The van der Waals surface area contributed by atoms with Crippen molar-refractivity contribution in [2.24, 2.45) is 5.14 Å². The van der Waals surface area contributed by atoms with Gasteiger partial charge in [-0.15, -0.1) is 0 Å². The van der Waals surface area contributed by atoms with Gasteiger partial charge in [0.05, 0.1) is 12.9 Å². The van der Waals surface area contributed by atoms with Gasteiger partial charge in [-0.05, 0) is 0 Å². The molecule has 13 nitrogen and oxygen atoms in total. The van der Waals surface area contributed by atoms with Crippen LogP contribution in [0.25, 0.3) is 11.2 Å². The third kappa shape index (κ3) is 4.32. The molecule has 0 radical (unpaired) electrons. The van der Waals surface area contributed by atoms with Crippen LogP contribution in [0.4, 0.5) is 5.82 Å². The van der Waals surface area contributed by atoms with E-state index in [1.807, 2.05) is 4.72 Å². The molecule has 14 heteroatoms. The summed E-state index contributed by atoms with van der Waals surface area (Å²) in [5, 5.41) is 28.4. The second-order valence-electron chi connectivity index (χ2n) is 5.91. The lowest BCUT2D eigenvalue weighted by Gasteiger charge is -2.16. The number of anilines is 1. The topological polar surface area (TPSA) is 187 Å². The number of rotatable bonds is 8. The zero-order valence-electron chi connectivity index (χ0n) is 14.4. The number of hydrogen-bond donors (Lipinski definition) is 5. The monoisotopic (exact) mass is 403 g/mol. The van der Waals surface area contributed by atoms with Crippen molar-refractivity contribution in [3.8, 4) is 0 Å². The Labute approximate surface area is 154 Å². The van der Waals surface area contributed by atoms with Crippen molar-refractivity contribution in [2.45, 2.75) is 24.5 Å². The summed E-state index contributed by atoms with van der Waals surface area (Å²) in [5.74, 6) is 0.483. The first-order valence-corrected chi connectivity index (χ1v) is 9.55. The number of methoxy groups -OCH3 is 1. The highest BCUT2D eigenvalue weighted by Crippen LogP contribution is 2.32. The van der Waals surface area contributed by atoms with Gasteiger partial charge in [0, 0.05) is 20.2 Å². The zero-order chi connectivity index (χ0) is 19.6. The van der Waals surface area contributed by atoms with Crippen molar-refractivity contribution in [1.82, 2.24) is 24.2 Å². The third-order valence-electron chi connectivity index (χ3n) is 4.05. The van der Waals surface area contributed by atoms with Crippen molar-refractivity contribution >= 4 is 27.2 Å². The number of ether oxygens (including phenoxy) is 2. The quantitative estimate of drug-likeness (QED) is 0.290. The fourth-order valence-electron chi connectivity index (χ4n) is 2.76. The van der Waals surface area contributed by atoms with Crippen LogP contribution in [0.15, 0.2) is 12.7 Å². The smallest absolute Gasteiger partial charge is 0.274 e. The van der Waals surface area contributed by atoms with Crippen LogP contribution in [0.1, 0.15) is 6.23 Å². The number of nitrogens with one attached hydrogen (secondary N) is 2. The van der Waals surface area contributed by atoms with Crippen LogP contribution in [0, 0.1) is 0 Å². The fourth-order valence-corrected chi connectivity index (χ4v) is 3.16. The largest absolute Gasteiger partial charge is 0.387 e. The minimum absolute atomic E-state index is 0.293. The van der Waals surface area contributed by atoms with E-state index in [4.69, 9.17) is 14.6 Å². The average molecular weight is 403 g/mol. The average Bonchev–Trinajstić information content (AvgIpc) is 3.16. The molecule has 2 aromatic heterocycles. The van der Waals surface area contributed by atoms with Gasteiger partial charge >= 0.3 is 0 Å². The van der Waals surface area contributed by atoms with Gasteiger partial charge < -0.3 is 25.0 Å². The molecule has 3 rings (SSSR count). The van der Waals surface area contributed by atoms with Crippen LogP contribution >= 0.6 is 0 Å². The van der Waals surface area contributed by atoms with Crippen LogP contribution in [0.3, 0.4) is 0 Å². The Kier molecular flexibility index (Phi) is 5.85. The van der Waals surface area contributed by atoms with Crippen molar-refractivity contribution in [3.05, 3.63) is 12.7 Å². The molecular formula is C13H21N7O6S. The van der Waals surface area contributed by atoms with Gasteiger partial charge in [0.2, 0.25) is 0 Å². The molecule has 0 aromatic carbocycles. The number of aliphatic hydroxyl groups is 2. The van der Waals surface area contributed by atoms with Gasteiger partial charge in [0.15, 0.2) is 23.2 Å². The molecule has 150 valence electrons. The van der Waals surface area contributed by atoms with E-state index in [9.17, 15) is 18.6 Å². The summed E-state index contributed by atoms with van der Waals surface area (Å²) in [4.78, 5) is 12.5. The van der Waals surface area contributed by atoms with E-state index < -0.39 is 34.7 Å². The molecule has 0 unspecified atom stereocenters. The number of fused-ring (bicyclic) bond motifs is 1. The van der Waals surface area contributed by atoms with Gasteiger partial charge in [-0.2, -0.15) is 13.1 Å². The molecular weight excluding hydrogens is 382 g/mol. The first-order chi connectivity index (χ1) is 12.8. The lowest BCUT2D eigenvalue weighted by Crippen LogP contribution is -2.42. The van der Waals surface area contributed by atoms with E-state index in [-0.39, 0.29) is 6.54 Å². The second-order valence-corrected chi connectivity index (χ2v) is 7.28. The number of aliphatic hydroxyl groups excluding tert-OH is 2. The van der Waals surface area contributed by atoms with Crippen LogP contribution in [0.5, 0.6) is 0 Å². The summed E-state index contributed by atoms with van der Waals surface area (Å²) >= 11 is 0. The highest BCUT2D eigenvalue weighted by atomic mass is 32.2. The van der Waals surface area contributed by atoms with E-state index >= 15 is 0 Å². The Balaban J connectivity index is 1.81. The van der Waals surface area contributed by atoms with Gasteiger partial charge in [-0.3, -0.25) is 4.57 Å². The molecule has 1 saturated heterocycles. The molecule has 3 heterocycles. The van der Waals surface area contributed by atoms with Crippen molar-refractivity contribution < 1.29 is 28.1 Å². The summed E-state index contributed by atoms with van der Waals surface area (Å²) in [7, 11) is -2.38. The minimum atomic E-state index is -3.96. The van der Waals surface area contributed by atoms with Crippen molar-refractivity contribution in [2.75, 3.05) is 32.1 Å². The minimum Gasteiger partial charge on any atom is -0.387 e. The Hall–Kier alpha value is -1.94. The molecule has 4 atom stereocenters. The SMILES string of the molecule is COCCNc1ncnc2c1ncn2[C@@H]1O[C@H](CNS(N)(=O)=O)[C@@H](O)[C@H]1O. The molecule has 2 aromatic rings. The standard InChI is InChI=1S/C13H21N7O6S/c1-25-3-2-15-11-8-12(17-5-16-11)20(6-18-8)13-10(22)9(21)7(26-13)4-19-27(14,23)24/h5-7,9-10,13,19,21-22H,2-4H2,1H3,(H2,14,23,24)(H,15,16,17)/t7-,9-,10-,13-/m1/s1. The van der Waals surface area contributed by atoms with Gasteiger partial charge in [0.25, 0.3) is 10.2 Å². The van der Waals surface area contributed by atoms with Crippen molar-refractivity contribution in [3.63, 3.8) is 0 Å². The fraction of sp³-hybridized carbons (Fsp3) is 0.615. The molecule has 0 bridgehead atoms. The van der Waals surface area contributed by atoms with Crippen LogP contribution in [-0.2, 0) is 19.7 Å². The van der Waals surface area contributed by atoms with E-state index in [1.54, 1.807) is 7.11 Å². The first kappa shape index (κ1) is 19.8. The van der Waals surface area contributed by atoms with Crippen LogP contribution in [0.2, 0.25) is 0 Å². The highest BCUT2D eigenvalue weighted by molar-refractivity contribution is 7.87. The van der Waals surface area contributed by atoms with Crippen LogP contribution in [-0.4, -0.2) is 83.3 Å². The zero-order valence-corrected chi connectivity index (χ0v) is 15.2. The Bertz CT molecular complexity index is 890. The molecule has 1 fully saturated rings. The van der Waals surface area contributed by atoms with Crippen molar-refractivity contribution in [1.29, 1.82) is 0 Å². The number of nitrogens with zero attached hydrogens (tertiary/aromatic N) is 4. The molecule has 0 saturated carbocycles. The Morgan fingerprint density at radius 3 is 2.81 bits per heavy atom. The number of nitrogens with two attached hydrogens (primary N) is 1. The van der Waals surface area contributed by atoms with Crippen LogP contribution < -0.4 is 15.2 Å². The Morgan fingerprint density at radius 1 is 1.33 bits per heavy atom. The van der Waals surface area contributed by atoms with Gasteiger partial charge in [0.1, 0.15) is 24.6 Å². The molecule has 0 amide bonds. The summed E-state index contributed by atoms with van der Waals surface area (Å²) in [6, 6.07) is 0. The Morgan fingerprint density at radius 2 is 2.11 bits per heavy atom. The predicted octanol–water partition coefficient (Wildman–Crippen LogP) is -2.70. The summed E-state index contributed by atoms with van der Waals surface area (Å²) < 4.78 is 36.1. The lowest BCUT2D eigenvalue weighted by atomic mass is 10.1. The molecule has 0 aliphatic carbocycles. The maximum Gasteiger partial charge on any atom is 0.274 e. The van der Waals surface area contributed by atoms with Gasteiger partial charge in [-0.1, -0.05) is 0 Å². The molecule has 0 spiro atoms. The predicted molar refractivity (Wildman–Crippen MR) is 92.7 cm³/mol. The van der Waals surface area contributed by atoms with E-state index in [0.29, 0.717) is 30.1 Å². The normalized spacial score (nSPS) is 25.9. The third-order valence-corrected chi connectivity index (χ3v) is 4.62. The first-order valence-electron chi connectivity index (χ1n) is 8.01. The summed E-state index contributed by atoms with van der Waals surface area (Å²) in [6.45, 7) is 0.693. The summed E-state index contributed by atoms with van der Waals surface area (Å²) in [6.07, 6.45) is -1.94. The van der Waals surface area contributed by atoms with E-state index in [2.05, 4.69) is 20.3 Å². The van der Waals surface area contributed by atoms with E-state index in [1.165, 1.54) is 17.2 Å². The molecule has 6 N–H and O–H groups in total. The maximum absolute atomic E-state index is 11.0. The lowest BCUT2D eigenvalue weighted by molar-refractivity contribution is -0.0330. The molecule has 1 aliphatic rings. The number of aromatic nitrogens is 4.